The lowest BCUT2D eigenvalue weighted by Crippen LogP contribution is -2.47. The summed E-state index contributed by atoms with van der Waals surface area (Å²) >= 11 is 6.94. The smallest absolute Gasteiger partial charge is 0.160 e. The maximum absolute atomic E-state index is 6.94. The van der Waals surface area contributed by atoms with Gasteiger partial charge in [-0.25, -0.2) is 0 Å². The third kappa shape index (κ3) is 2.41. The maximum atomic E-state index is 6.94. The Bertz CT molecular complexity index is 344. The van der Waals surface area contributed by atoms with Gasteiger partial charge in [0.05, 0.1) is 0 Å². The van der Waals surface area contributed by atoms with Crippen LogP contribution in [0.25, 0.3) is 6.08 Å². The molecule has 0 nitrogen and oxygen atoms in total. The van der Waals surface area contributed by atoms with E-state index in [4.69, 9.17) is 11.1 Å². The summed E-state index contributed by atoms with van der Waals surface area (Å²) in [5.41, 5.74) is 2.25. The van der Waals surface area contributed by atoms with Gasteiger partial charge < -0.3 is 0 Å². The molecule has 1 aromatic carbocycles. The molecule has 2 heteroatoms. The molecule has 0 aliphatic heterocycles. The topological polar surface area (TPSA) is 0 Å². The third-order valence-electron chi connectivity index (χ3n) is 3.27. The van der Waals surface area contributed by atoms with Gasteiger partial charge in [-0.15, -0.1) is 0 Å². The lowest BCUT2D eigenvalue weighted by molar-refractivity contribution is 0.940. The largest absolute Gasteiger partial charge is 0.191 e. The highest BCUT2D eigenvalue weighted by Gasteiger charge is 2.39. The predicted octanol–water partition coefficient (Wildman–Crippen LogP) is 4.54. The van der Waals surface area contributed by atoms with Crippen molar-refractivity contribution in [3.8, 4) is 0 Å². The zero-order chi connectivity index (χ0) is 12.3. The van der Waals surface area contributed by atoms with Crippen LogP contribution in [0, 0.1) is 0 Å². The van der Waals surface area contributed by atoms with Crippen LogP contribution in [0.4, 0.5) is 0 Å². The van der Waals surface area contributed by atoms with Gasteiger partial charge in [-0.1, -0.05) is 64.6 Å². The summed E-state index contributed by atoms with van der Waals surface area (Å²) in [4.78, 5) is 0. The molecule has 0 saturated carbocycles. The van der Waals surface area contributed by atoms with E-state index >= 15 is 0 Å². The van der Waals surface area contributed by atoms with Crippen molar-refractivity contribution in [2.75, 3.05) is 0 Å². The third-order valence-corrected chi connectivity index (χ3v) is 11.1. The minimum absolute atomic E-state index is 0.545. The van der Waals surface area contributed by atoms with E-state index in [9.17, 15) is 0 Å². The van der Waals surface area contributed by atoms with Crippen molar-refractivity contribution in [2.45, 2.75) is 38.8 Å². The highest BCUT2D eigenvalue weighted by atomic mass is 35.6. The average molecular weight is 253 g/mol. The van der Waals surface area contributed by atoms with Crippen LogP contribution in [-0.4, -0.2) is 7.38 Å². The van der Waals surface area contributed by atoms with E-state index in [-0.39, 0.29) is 0 Å². The van der Waals surface area contributed by atoms with Crippen LogP contribution >= 0.6 is 11.1 Å². The lowest BCUT2D eigenvalue weighted by Gasteiger charge is -2.33. The van der Waals surface area contributed by atoms with E-state index in [1.165, 1.54) is 5.19 Å². The lowest BCUT2D eigenvalue weighted by atomic mass is 10.2. The normalized spacial score (nSPS) is 12.2. The van der Waals surface area contributed by atoms with Crippen LogP contribution in [0.3, 0.4) is 0 Å². The molecule has 1 rings (SSSR count). The van der Waals surface area contributed by atoms with Gasteiger partial charge in [0.25, 0.3) is 0 Å². The van der Waals surface area contributed by atoms with Gasteiger partial charge in [0, 0.05) is 0 Å². The zero-order valence-electron chi connectivity index (χ0n) is 10.6. The molecule has 0 unspecified atom stereocenters. The fourth-order valence-corrected chi connectivity index (χ4v) is 5.93. The molecule has 0 saturated heterocycles. The number of benzene rings is 1. The van der Waals surface area contributed by atoms with Crippen molar-refractivity contribution in [3.63, 3.8) is 0 Å². The zero-order valence-corrected chi connectivity index (χ0v) is 12.4. The van der Waals surface area contributed by atoms with Crippen LogP contribution in [0.15, 0.2) is 30.8 Å². The van der Waals surface area contributed by atoms with E-state index in [1.807, 2.05) is 6.08 Å². The molecule has 0 fully saturated rings. The molecular weight excluding hydrogens is 232 g/mol. The van der Waals surface area contributed by atoms with E-state index < -0.39 is 7.38 Å². The minimum Gasteiger partial charge on any atom is -0.160 e. The molecule has 16 heavy (non-hydrogen) atoms. The Hall–Kier alpha value is -0.533. The van der Waals surface area contributed by atoms with Crippen LogP contribution in [-0.2, 0) is 0 Å². The average Bonchev–Trinajstić information content (AvgIpc) is 2.27. The Morgan fingerprint density at radius 1 is 1.06 bits per heavy atom. The molecule has 0 aliphatic rings. The van der Waals surface area contributed by atoms with Gasteiger partial charge in [-0.3, -0.25) is 0 Å². The second-order valence-electron chi connectivity index (χ2n) is 4.90. The van der Waals surface area contributed by atoms with Crippen LogP contribution in [0.1, 0.15) is 33.3 Å². The molecule has 0 heterocycles. The number of rotatable bonds is 4. The first-order chi connectivity index (χ1) is 7.42. The Balaban J connectivity index is 3.16. The highest BCUT2D eigenvalue weighted by Crippen LogP contribution is 2.35. The number of hydrogen-bond acceptors (Lipinski definition) is 0. The van der Waals surface area contributed by atoms with Gasteiger partial charge in [-0.2, -0.15) is 11.1 Å². The second kappa shape index (κ2) is 5.20. The van der Waals surface area contributed by atoms with E-state index in [1.54, 1.807) is 0 Å². The van der Waals surface area contributed by atoms with E-state index in [0.717, 1.165) is 5.56 Å². The summed E-state index contributed by atoms with van der Waals surface area (Å²) in [6, 6.07) is 8.57. The second-order valence-corrected chi connectivity index (χ2v) is 11.2. The molecule has 0 radical (unpaired) electrons. The fourth-order valence-electron chi connectivity index (χ4n) is 2.21. The van der Waals surface area contributed by atoms with Gasteiger partial charge in [0.2, 0.25) is 0 Å². The Kier molecular flexibility index (Phi) is 4.40. The Morgan fingerprint density at radius 3 is 1.81 bits per heavy atom. The minimum atomic E-state index is -1.88. The van der Waals surface area contributed by atoms with Crippen molar-refractivity contribution >= 4 is 29.7 Å². The van der Waals surface area contributed by atoms with Crippen molar-refractivity contribution < 1.29 is 0 Å². The summed E-state index contributed by atoms with van der Waals surface area (Å²) in [5.74, 6) is 0. The van der Waals surface area contributed by atoms with Crippen LogP contribution in [0.5, 0.6) is 0 Å². The van der Waals surface area contributed by atoms with Gasteiger partial charge in [0.1, 0.15) is 0 Å². The van der Waals surface area contributed by atoms with Crippen molar-refractivity contribution in [1.82, 2.24) is 0 Å². The summed E-state index contributed by atoms with van der Waals surface area (Å²) < 4.78 is 0. The molecular formula is C14H21ClSi. The molecule has 1 aromatic rings. The molecule has 0 aliphatic carbocycles. The number of halogens is 1. The molecule has 0 atom stereocenters. The monoisotopic (exact) mass is 252 g/mol. The molecule has 0 aromatic heterocycles. The first-order valence-corrected chi connectivity index (χ1v) is 9.01. The first-order valence-electron chi connectivity index (χ1n) is 5.84. The van der Waals surface area contributed by atoms with Gasteiger partial charge in [0.15, 0.2) is 7.38 Å². The summed E-state index contributed by atoms with van der Waals surface area (Å²) in [6.07, 6.45) is 1.87. The standard InChI is InChI=1S/C14H21ClSi/c1-6-13-7-9-14(10-8-13)16(15,11(2)3)12(4)5/h6-12H,1H2,2-5H3. The summed E-state index contributed by atoms with van der Waals surface area (Å²) in [5, 5.41) is 1.34. The van der Waals surface area contributed by atoms with E-state index in [2.05, 4.69) is 58.5 Å². The molecule has 0 N–H and O–H groups in total. The summed E-state index contributed by atoms with van der Waals surface area (Å²) in [6.45, 7) is 12.7. The molecule has 0 spiro atoms. The van der Waals surface area contributed by atoms with Crippen molar-refractivity contribution in [3.05, 3.63) is 36.4 Å². The van der Waals surface area contributed by atoms with Crippen molar-refractivity contribution in [2.24, 2.45) is 0 Å². The highest BCUT2D eigenvalue weighted by molar-refractivity contribution is 7.28. The Morgan fingerprint density at radius 2 is 1.50 bits per heavy atom. The fraction of sp³-hybridized carbons (Fsp3) is 0.429. The van der Waals surface area contributed by atoms with Crippen molar-refractivity contribution in [1.29, 1.82) is 0 Å². The van der Waals surface area contributed by atoms with Crippen LogP contribution < -0.4 is 5.19 Å². The van der Waals surface area contributed by atoms with E-state index in [0.29, 0.717) is 11.1 Å². The molecule has 88 valence electrons. The van der Waals surface area contributed by atoms with Gasteiger partial charge in [-0.05, 0) is 21.8 Å². The maximum Gasteiger partial charge on any atom is 0.191 e. The Labute approximate surface area is 105 Å². The first kappa shape index (κ1) is 13.5. The quantitative estimate of drug-likeness (QED) is 0.545. The number of hydrogen-bond donors (Lipinski definition) is 0. The SMILES string of the molecule is C=Cc1ccc([Si](Cl)(C(C)C)C(C)C)cc1. The van der Waals surface area contributed by atoms with Crippen LogP contribution in [0.2, 0.25) is 11.1 Å². The van der Waals surface area contributed by atoms with Gasteiger partial charge >= 0.3 is 0 Å². The summed E-state index contributed by atoms with van der Waals surface area (Å²) in [7, 11) is -1.88. The molecule has 0 amide bonds. The molecule has 0 bridgehead atoms. The predicted molar refractivity (Wildman–Crippen MR) is 78.0 cm³/mol.